The third-order valence-electron chi connectivity index (χ3n) is 7.48. The van der Waals surface area contributed by atoms with Crippen LogP contribution in [-0.2, 0) is 16.0 Å². The lowest BCUT2D eigenvalue weighted by atomic mass is 10.1. The molecule has 0 radical (unpaired) electrons. The number of urea groups is 1. The van der Waals surface area contributed by atoms with Crippen LogP contribution in [0.15, 0.2) is 42.7 Å². The van der Waals surface area contributed by atoms with Crippen LogP contribution in [0.3, 0.4) is 0 Å². The van der Waals surface area contributed by atoms with E-state index in [-0.39, 0.29) is 17.3 Å². The Morgan fingerprint density at radius 1 is 1.24 bits per heavy atom. The number of aromatic amines is 1. The van der Waals surface area contributed by atoms with Crippen LogP contribution in [0.25, 0.3) is 11.4 Å². The van der Waals surface area contributed by atoms with E-state index in [0.717, 1.165) is 37.1 Å². The van der Waals surface area contributed by atoms with Gasteiger partial charge in [0.05, 0.1) is 31.5 Å². The van der Waals surface area contributed by atoms with E-state index in [1.807, 2.05) is 18.2 Å². The number of amides is 2. The number of carbonyl (C=O) groups is 1. The zero-order valence-electron chi connectivity index (χ0n) is 21.3. The molecule has 1 aliphatic heterocycles. The van der Waals surface area contributed by atoms with E-state index in [1.54, 1.807) is 24.5 Å². The van der Waals surface area contributed by atoms with Crippen LogP contribution in [0.5, 0.6) is 0 Å². The smallest absolute Gasteiger partial charge is 0.319 e. The van der Waals surface area contributed by atoms with Crippen molar-refractivity contribution < 1.29 is 18.6 Å². The zero-order valence-corrected chi connectivity index (χ0v) is 22.1. The summed E-state index contributed by atoms with van der Waals surface area (Å²) in [6.07, 6.45) is 6.50. The number of hydrogen-bond acceptors (Lipinski definition) is 8. The Morgan fingerprint density at radius 3 is 2.68 bits per heavy atom. The summed E-state index contributed by atoms with van der Waals surface area (Å²) in [7, 11) is -2.80. The summed E-state index contributed by atoms with van der Waals surface area (Å²) >= 11 is 0. The number of nitrogens with zero attached hydrogens (tertiary/aromatic N) is 4. The van der Waals surface area contributed by atoms with Gasteiger partial charge in [-0.1, -0.05) is 0 Å². The average Bonchev–Trinajstić information content (AvgIpc) is 3.86. The number of nitrogens with one attached hydrogen (secondary N) is 3. The van der Waals surface area contributed by atoms with Gasteiger partial charge < -0.3 is 25.3 Å². The van der Waals surface area contributed by atoms with Crippen molar-refractivity contribution in [2.45, 2.75) is 55.2 Å². The first kappa shape index (κ1) is 25.1. The molecule has 2 aliphatic carbocycles. The van der Waals surface area contributed by atoms with Gasteiger partial charge in [-0.2, -0.15) is 10.6 Å². The first-order valence-electron chi connectivity index (χ1n) is 13.0. The molecule has 1 atom stereocenters. The fourth-order valence-electron chi connectivity index (χ4n) is 4.99. The highest BCUT2D eigenvalue weighted by Crippen LogP contribution is 2.77. The maximum atomic E-state index is 12.3. The number of benzene rings is 1. The van der Waals surface area contributed by atoms with Crippen molar-refractivity contribution in [3.63, 3.8) is 0 Å². The van der Waals surface area contributed by atoms with Gasteiger partial charge >= 0.3 is 6.03 Å². The summed E-state index contributed by atoms with van der Waals surface area (Å²) in [5, 5.41) is 5.55. The molecule has 2 saturated carbocycles. The predicted octanol–water partition coefficient (Wildman–Crippen LogP) is 4.32. The fraction of sp³-hybridized carbons (Fsp3) is 0.462. The van der Waals surface area contributed by atoms with Crippen LogP contribution in [0.4, 0.5) is 16.3 Å². The van der Waals surface area contributed by atoms with Crippen LogP contribution in [-0.4, -0.2) is 66.1 Å². The number of aromatic nitrogens is 4. The van der Waals surface area contributed by atoms with Crippen molar-refractivity contribution in [2.75, 3.05) is 30.0 Å². The second-order valence-electron chi connectivity index (χ2n) is 10.3. The molecule has 1 aromatic carbocycles. The van der Waals surface area contributed by atoms with Crippen LogP contribution >= 0.6 is 10.6 Å². The van der Waals surface area contributed by atoms with Crippen LogP contribution in [0, 0.1) is 0 Å². The normalized spacial score (nSPS) is 21.1. The second-order valence-corrected chi connectivity index (χ2v) is 12.9. The molecular weight excluding hydrogens is 506 g/mol. The highest BCUT2D eigenvalue weighted by Gasteiger charge is 2.61. The van der Waals surface area contributed by atoms with Crippen LogP contribution in [0.1, 0.15) is 44.1 Å². The van der Waals surface area contributed by atoms with Gasteiger partial charge in [0.2, 0.25) is 0 Å². The molecule has 0 bridgehead atoms. The minimum absolute atomic E-state index is 0.0292. The van der Waals surface area contributed by atoms with Gasteiger partial charge in [-0.05, 0) is 56.9 Å². The molecule has 3 fully saturated rings. The lowest BCUT2D eigenvalue weighted by Gasteiger charge is -2.41. The summed E-state index contributed by atoms with van der Waals surface area (Å²) in [6, 6.07) is 9.10. The highest BCUT2D eigenvalue weighted by atomic mass is 32.3. The summed E-state index contributed by atoms with van der Waals surface area (Å²) in [4.78, 5) is 31.3. The van der Waals surface area contributed by atoms with E-state index in [0.29, 0.717) is 49.3 Å². The minimum Gasteiger partial charge on any atom is -0.377 e. The Balaban J connectivity index is 1.26. The molecule has 3 heterocycles. The summed E-state index contributed by atoms with van der Waals surface area (Å²) in [5.74, 6) is 1.98. The zero-order chi connectivity index (χ0) is 26.3. The Morgan fingerprint density at radius 2 is 2.03 bits per heavy atom. The molecule has 202 valence electrons. The van der Waals surface area contributed by atoms with Crippen molar-refractivity contribution in [2.24, 2.45) is 0 Å². The number of imidazole rings is 1. The summed E-state index contributed by atoms with van der Waals surface area (Å²) < 4.78 is 27.4. The number of ether oxygens (including phenoxy) is 1. The van der Waals surface area contributed by atoms with Gasteiger partial charge in [-0.15, -0.1) is 0 Å². The third-order valence-corrected chi connectivity index (χ3v) is 10.7. The average molecular weight is 540 g/mol. The summed E-state index contributed by atoms with van der Waals surface area (Å²) in [5.41, 5.74) is 2.13. The van der Waals surface area contributed by atoms with E-state index in [4.69, 9.17) is 14.7 Å². The van der Waals surface area contributed by atoms with Gasteiger partial charge in [0.15, 0.2) is 5.82 Å². The molecule has 2 aromatic heterocycles. The maximum Gasteiger partial charge on any atom is 0.319 e. The quantitative estimate of drug-likeness (QED) is 0.284. The molecule has 3 aromatic rings. The van der Waals surface area contributed by atoms with Crippen molar-refractivity contribution >= 4 is 28.1 Å². The van der Waals surface area contributed by atoms with Crippen LogP contribution < -0.4 is 15.5 Å². The highest BCUT2D eigenvalue weighted by molar-refractivity contribution is 8.26. The van der Waals surface area contributed by atoms with Gasteiger partial charge in [-0.3, -0.25) is 9.11 Å². The van der Waals surface area contributed by atoms with E-state index in [2.05, 4.69) is 32.4 Å². The number of hydrogen-bond donors (Lipinski definition) is 5. The van der Waals surface area contributed by atoms with E-state index in [9.17, 15) is 13.9 Å². The Hall–Kier alpha value is -3.19. The SMILES string of the molecule is C[C@H]1COCCN1c1cc(C2(S(O)(O)C3CC3)CC2)nc(-c2ccc(NC(=O)NCc3ncc[nH]3)cc2)n1. The number of H-pyrrole nitrogens is 1. The number of carbonyl (C=O) groups excluding carboxylic acids is 1. The maximum absolute atomic E-state index is 12.3. The molecular formula is C26H33N7O4S. The topological polar surface area (TPSA) is 149 Å². The van der Waals surface area contributed by atoms with E-state index in [1.165, 1.54) is 0 Å². The fourth-order valence-corrected chi connectivity index (χ4v) is 7.53. The first-order valence-corrected chi connectivity index (χ1v) is 14.6. The Kier molecular flexibility index (Phi) is 6.50. The Labute approximate surface area is 222 Å². The third kappa shape index (κ3) is 4.84. The molecule has 12 heteroatoms. The second kappa shape index (κ2) is 9.84. The van der Waals surface area contributed by atoms with E-state index >= 15 is 0 Å². The van der Waals surface area contributed by atoms with Crippen molar-refractivity contribution in [1.29, 1.82) is 0 Å². The van der Waals surface area contributed by atoms with Gasteiger partial charge in [0, 0.05) is 41.5 Å². The molecule has 6 rings (SSSR count). The largest absolute Gasteiger partial charge is 0.377 e. The predicted molar refractivity (Wildman–Crippen MR) is 146 cm³/mol. The first-order chi connectivity index (χ1) is 18.4. The molecule has 3 aliphatic rings. The molecule has 0 spiro atoms. The van der Waals surface area contributed by atoms with Crippen molar-refractivity contribution in [3.8, 4) is 11.4 Å². The number of morpholine rings is 1. The lowest BCUT2D eigenvalue weighted by Crippen LogP contribution is -2.44. The van der Waals surface area contributed by atoms with Crippen molar-refractivity contribution in [3.05, 3.63) is 54.2 Å². The number of anilines is 2. The van der Waals surface area contributed by atoms with Crippen molar-refractivity contribution in [1.82, 2.24) is 25.3 Å². The van der Waals surface area contributed by atoms with Crippen LogP contribution in [0.2, 0.25) is 0 Å². The summed E-state index contributed by atoms with van der Waals surface area (Å²) in [6.45, 7) is 4.33. The molecule has 2 amide bonds. The standard InChI is InChI=1S/C26H33N7O4S/c1-17-16-37-13-12-33(17)23-14-21(26(8-9-26)38(35,36)20-6-7-20)31-24(32-23)18-2-4-19(5-3-18)30-25(34)29-15-22-27-10-11-28-22/h2-5,10-11,14,17,20,35-36H,6-9,12-13,15-16H2,1H3,(H,27,28)(H2,29,30,34)/t17-/m0/s1. The van der Waals surface area contributed by atoms with Gasteiger partial charge in [0.25, 0.3) is 0 Å². The molecule has 0 unspecified atom stereocenters. The molecule has 11 nitrogen and oxygen atoms in total. The molecule has 38 heavy (non-hydrogen) atoms. The monoisotopic (exact) mass is 539 g/mol. The molecule has 1 saturated heterocycles. The van der Waals surface area contributed by atoms with Gasteiger partial charge in [0.1, 0.15) is 16.4 Å². The molecule has 5 N–H and O–H groups in total. The lowest BCUT2D eigenvalue weighted by molar-refractivity contribution is 0.0985. The Bertz CT molecular complexity index is 1290. The number of rotatable bonds is 8. The van der Waals surface area contributed by atoms with E-state index < -0.39 is 15.3 Å². The van der Waals surface area contributed by atoms with Gasteiger partial charge in [-0.25, -0.2) is 19.7 Å². The minimum atomic E-state index is -2.80.